The molecule has 132 valence electrons. The van der Waals surface area contributed by atoms with E-state index in [4.69, 9.17) is 4.42 Å². The molecule has 1 heterocycles. The normalized spacial score (nSPS) is 10.6. The SMILES string of the molecule is Cc1cccc(NC(=O)c2ccccc2-c2ncc(-c3ccccc3)o2)c1. The molecule has 0 radical (unpaired) electrons. The predicted molar refractivity (Wildman–Crippen MR) is 107 cm³/mol. The molecule has 4 aromatic rings. The number of hydrogen-bond donors (Lipinski definition) is 1. The third kappa shape index (κ3) is 3.65. The van der Waals surface area contributed by atoms with Crippen LogP contribution < -0.4 is 5.32 Å². The topological polar surface area (TPSA) is 55.1 Å². The number of hydrogen-bond acceptors (Lipinski definition) is 3. The Balaban J connectivity index is 1.65. The number of carbonyl (C=O) groups is 1. The number of nitrogens with one attached hydrogen (secondary N) is 1. The third-order valence-corrected chi connectivity index (χ3v) is 4.24. The second kappa shape index (κ2) is 7.30. The van der Waals surface area contributed by atoms with Crippen molar-refractivity contribution in [2.45, 2.75) is 6.92 Å². The van der Waals surface area contributed by atoms with Crippen LogP contribution in [-0.2, 0) is 0 Å². The first-order valence-electron chi connectivity index (χ1n) is 8.69. The first kappa shape index (κ1) is 16.8. The minimum absolute atomic E-state index is 0.198. The van der Waals surface area contributed by atoms with Gasteiger partial charge in [0.25, 0.3) is 5.91 Å². The fraction of sp³-hybridized carbons (Fsp3) is 0.0435. The molecule has 0 unspecified atom stereocenters. The van der Waals surface area contributed by atoms with Crippen LogP contribution in [0.3, 0.4) is 0 Å². The number of benzene rings is 3. The van der Waals surface area contributed by atoms with E-state index in [9.17, 15) is 4.79 Å². The summed E-state index contributed by atoms with van der Waals surface area (Å²) in [5.74, 6) is 0.888. The lowest BCUT2D eigenvalue weighted by molar-refractivity contribution is 0.102. The first-order valence-corrected chi connectivity index (χ1v) is 8.69. The van der Waals surface area contributed by atoms with Crippen molar-refractivity contribution in [3.8, 4) is 22.8 Å². The van der Waals surface area contributed by atoms with Crippen LogP contribution in [0.1, 0.15) is 15.9 Å². The third-order valence-electron chi connectivity index (χ3n) is 4.24. The molecule has 1 aromatic heterocycles. The molecule has 4 rings (SSSR count). The molecule has 0 spiro atoms. The van der Waals surface area contributed by atoms with Gasteiger partial charge in [0, 0.05) is 16.8 Å². The number of anilines is 1. The second-order valence-corrected chi connectivity index (χ2v) is 6.26. The zero-order valence-electron chi connectivity index (χ0n) is 14.8. The highest BCUT2D eigenvalue weighted by atomic mass is 16.4. The van der Waals surface area contributed by atoms with Gasteiger partial charge in [0.1, 0.15) is 0 Å². The zero-order valence-corrected chi connectivity index (χ0v) is 14.8. The summed E-state index contributed by atoms with van der Waals surface area (Å²) in [6.07, 6.45) is 1.68. The van der Waals surface area contributed by atoms with Gasteiger partial charge in [0.2, 0.25) is 5.89 Å². The minimum Gasteiger partial charge on any atom is -0.436 e. The van der Waals surface area contributed by atoms with Crippen molar-refractivity contribution in [2.75, 3.05) is 5.32 Å². The highest BCUT2D eigenvalue weighted by molar-refractivity contribution is 6.08. The fourth-order valence-electron chi connectivity index (χ4n) is 2.92. The van der Waals surface area contributed by atoms with Gasteiger partial charge >= 0.3 is 0 Å². The number of rotatable bonds is 4. The average molecular weight is 354 g/mol. The minimum atomic E-state index is -0.198. The van der Waals surface area contributed by atoms with Gasteiger partial charge in [-0.15, -0.1) is 0 Å². The predicted octanol–water partition coefficient (Wildman–Crippen LogP) is 5.57. The number of carbonyl (C=O) groups excluding carboxylic acids is 1. The number of amides is 1. The van der Waals surface area contributed by atoms with E-state index >= 15 is 0 Å². The van der Waals surface area contributed by atoms with Gasteiger partial charge in [-0.1, -0.05) is 54.6 Å². The van der Waals surface area contributed by atoms with Crippen LogP contribution in [0.25, 0.3) is 22.8 Å². The molecule has 0 atom stereocenters. The summed E-state index contributed by atoms with van der Waals surface area (Å²) in [4.78, 5) is 17.2. The maximum absolute atomic E-state index is 12.8. The van der Waals surface area contributed by atoms with Gasteiger partial charge in [-0.2, -0.15) is 0 Å². The molecule has 0 bridgehead atoms. The van der Waals surface area contributed by atoms with Gasteiger partial charge < -0.3 is 9.73 Å². The van der Waals surface area contributed by atoms with E-state index < -0.39 is 0 Å². The van der Waals surface area contributed by atoms with Crippen LogP contribution >= 0.6 is 0 Å². The molecular weight excluding hydrogens is 336 g/mol. The molecular formula is C23H18N2O2. The molecule has 4 heteroatoms. The van der Waals surface area contributed by atoms with Crippen molar-refractivity contribution >= 4 is 11.6 Å². The van der Waals surface area contributed by atoms with Crippen LogP contribution in [0.2, 0.25) is 0 Å². The maximum atomic E-state index is 12.8. The van der Waals surface area contributed by atoms with Gasteiger partial charge in [-0.05, 0) is 36.8 Å². The van der Waals surface area contributed by atoms with E-state index in [1.807, 2.05) is 79.7 Å². The summed E-state index contributed by atoms with van der Waals surface area (Å²) in [5.41, 5.74) is 3.96. The van der Waals surface area contributed by atoms with Gasteiger partial charge in [0.15, 0.2) is 5.76 Å². The van der Waals surface area contributed by atoms with E-state index in [0.29, 0.717) is 22.8 Å². The lowest BCUT2D eigenvalue weighted by Gasteiger charge is -2.09. The number of oxazole rings is 1. The summed E-state index contributed by atoms with van der Waals surface area (Å²) < 4.78 is 5.92. The fourth-order valence-corrected chi connectivity index (χ4v) is 2.92. The monoisotopic (exact) mass is 354 g/mol. The highest BCUT2D eigenvalue weighted by Crippen LogP contribution is 2.28. The van der Waals surface area contributed by atoms with Crippen LogP contribution in [0, 0.1) is 6.92 Å². The number of aryl methyl sites for hydroxylation is 1. The van der Waals surface area contributed by atoms with Gasteiger partial charge in [-0.25, -0.2) is 4.98 Å². The number of nitrogens with zero attached hydrogens (tertiary/aromatic N) is 1. The summed E-state index contributed by atoms with van der Waals surface area (Å²) in [5, 5.41) is 2.94. The summed E-state index contributed by atoms with van der Waals surface area (Å²) in [7, 11) is 0. The van der Waals surface area contributed by atoms with Crippen molar-refractivity contribution < 1.29 is 9.21 Å². The Morgan fingerprint density at radius 3 is 2.52 bits per heavy atom. The summed E-state index contributed by atoms with van der Waals surface area (Å²) in [6, 6.07) is 24.8. The lowest BCUT2D eigenvalue weighted by atomic mass is 10.1. The average Bonchev–Trinajstić information content (AvgIpc) is 3.19. The molecule has 27 heavy (non-hydrogen) atoms. The Labute approximate surface area is 157 Å². The zero-order chi connectivity index (χ0) is 18.6. The molecule has 0 fully saturated rings. The second-order valence-electron chi connectivity index (χ2n) is 6.26. The molecule has 1 amide bonds. The molecule has 0 aliphatic rings. The van der Waals surface area contributed by atoms with Crippen molar-refractivity contribution in [1.82, 2.24) is 4.98 Å². The van der Waals surface area contributed by atoms with E-state index in [-0.39, 0.29) is 5.91 Å². The van der Waals surface area contributed by atoms with E-state index in [1.165, 1.54) is 0 Å². The standard InChI is InChI=1S/C23H18N2O2/c1-16-8-7-11-18(14-16)25-22(26)19-12-5-6-13-20(19)23-24-15-21(27-23)17-9-3-2-4-10-17/h2-15H,1H3,(H,25,26). The molecule has 3 aromatic carbocycles. The van der Waals surface area contributed by atoms with Crippen molar-refractivity contribution in [3.63, 3.8) is 0 Å². The van der Waals surface area contributed by atoms with Crippen molar-refractivity contribution in [3.05, 3.63) is 96.2 Å². The molecule has 0 aliphatic heterocycles. The molecule has 4 nitrogen and oxygen atoms in total. The Kier molecular flexibility index (Phi) is 4.54. The van der Waals surface area contributed by atoms with Crippen molar-refractivity contribution in [1.29, 1.82) is 0 Å². The lowest BCUT2D eigenvalue weighted by Crippen LogP contribution is -2.13. The molecule has 1 N–H and O–H groups in total. The van der Waals surface area contributed by atoms with E-state index in [1.54, 1.807) is 12.3 Å². The maximum Gasteiger partial charge on any atom is 0.256 e. The molecule has 0 aliphatic carbocycles. The quantitative estimate of drug-likeness (QED) is 0.521. The van der Waals surface area contributed by atoms with Crippen molar-refractivity contribution in [2.24, 2.45) is 0 Å². The molecule has 0 saturated carbocycles. The van der Waals surface area contributed by atoms with E-state index in [2.05, 4.69) is 10.3 Å². The van der Waals surface area contributed by atoms with Gasteiger partial charge in [0.05, 0.1) is 11.8 Å². The summed E-state index contributed by atoms with van der Waals surface area (Å²) >= 11 is 0. The summed E-state index contributed by atoms with van der Waals surface area (Å²) in [6.45, 7) is 1.99. The van der Waals surface area contributed by atoms with E-state index in [0.717, 1.165) is 16.8 Å². The van der Waals surface area contributed by atoms with Gasteiger partial charge in [-0.3, -0.25) is 4.79 Å². The Hall–Kier alpha value is -3.66. The first-order chi connectivity index (χ1) is 13.2. The van der Waals surface area contributed by atoms with Crippen LogP contribution in [0.5, 0.6) is 0 Å². The van der Waals surface area contributed by atoms with Crippen LogP contribution in [0.4, 0.5) is 5.69 Å². The highest BCUT2D eigenvalue weighted by Gasteiger charge is 2.17. The largest absolute Gasteiger partial charge is 0.436 e. The molecule has 0 saturated heterocycles. The van der Waals surface area contributed by atoms with Crippen LogP contribution in [-0.4, -0.2) is 10.9 Å². The Morgan fingerprint density at radius 2 is 1.70 bits per heavy atom. The van der Waals surface area contributed by atoms with Crippen LogP contribution in [0.15, 0.2) is 89.5 Å². The Morgan fingerprint density at radius 1 is 0.926 bits per heavy atom. The Bertz CT molecular complexity index is 1080. The smallest absolute Gasteiger partial charge is 0.256 e. The number of aromatic nitrogens is 1.